The molecule has 2 saturated heterocycles. The lowest BCUT2D eigenvalue weighted by atomic mass is 9.98. The molecule has 6 aromatic rings. The lowest BCUT2D eigenvalue weighted by molar-refractivity contribution is 0.0167. The zero-order chi connectivity index (χ0) is 61.7. The van der Waals surface area contributed by atoms with Gasteiger partial charge in [-0.15, -0.1) is 0 Å². The number of sulfonamides is 1. The van der Waals surface area contributed by atoms with Gasteiger partial charge in [0.15, 0.2) is 16.9 Å². The molecule has 0 aromatic carbocycles. The number of aromatic nitrogens is 9. The number of rotatable bonds is 21. The number of piperidine rings is 2. The zero-order valence-electron chi connectivity index (χ0n) is 51.9. The van der Waals surface area contributed by atoms with E-state index in [4.69, 9.17) is 19.2 Å². The average Bonchev–Trinajstić information content (AvgIpc) is 2.01. The number of hydrogen-bond acceptors (Lipinski definition) is 15. The van der Waals surface area contributed by atoms with Crippen LogP contribution < -0.4 is 10.6 Å². The highest BCUT2D eigenvalue weighted by atomic mass is 32.2. The van der Waals surface area contributed by atoms with E-state index in [1.807, 2.05) is 37.7 Å². The minimum absolute atomic E-state index is 0.126. The quantitative estimate of drug-likeness (QED) is 0.0385. The molecule has 2 aliphatic heterocycles. The highest BCUT2D eigenvalue weighted by Gasteiger charge is 2.33. The molecule has 0 bridgehead atoms. The van der Waals surface area contributed by atoms with Gasteiger partial charge in [0.2, 0.25) is 10.0 Å². The summed E-state index contributed by atoms with van der Waals surface area (Å²) in [4.78, 5) is 82.2. The molecule has 5 aliphatic rings. The van der Waals surface area contributed by atoms with E-state index in [1.54, 1.807) is 34.3 Å². The Balaban J connectivity index is 0.000000159. The number of carboxylic acids is 1. The molecule has 0 radical (unpaired) electrons. The van der Waals surface area contributed by atoms with Crippen LogP contribution in [0.25, 0.3) is 33.5 Å². The Kier molecular flexibility index (Phi) is 20.2. The van der Waals surface area contributed by atoms with Crippen molar-refractivity contribution in [1.29, 1.82) is 0 Å². The van der Waals surface area contributed by atoms with E-state index >= 15 is 0 Å². The molecule has 0 spiro atoms. The summed E-state index contributed by atoms with van der Waals surface area (Å²) in [6, 6.07) is 2.16. The second-order valence-corrected chi connectivity index (χ2v) is 40.7. The van der Waals surface area contributed by atoms with Crippen molar-refractivity contribution in [2.75, 3.05) is 58.7 Å². The number of aromatic carboxylic acids is 1. The maximum atomic E-state index is 13.3. The van der Waals surface area contributed by atoms with E-state index in [0.29, 0.717) is 128 Å². The Morgan fingerprint density at radius 2 is 1.12 bits per heavy atom. The number of amides is 3. The standard InChI is InChI=1S/C27H43N5O4Si.C17H23N5O3S.C16H23N3O3Si/c1-27(2,3)36-26(34)31-11-7-8-19(16-31)14-29-25(33)21-17-32(18-35-12-13-37(4,5)6)24-23(21)30-22(15-28-24)20-9-10-20;1-26(24,25)22-6-2-3-11(10-22)7-20-17(23)13-8-18-16-15(13)21-14(9-19-16)12-4-5-12;1-23(2,3)7-6-22-10-19-9-12(16(20)21)14-15(19)17-8-13(18-14)11-4-5-11/h15,17,19-20H,7-14,16,18H2,1-6H3,(H,29,33);8-9,11-12H,2-7,10H2,1H3,(H,18,19)(H,20,23);8-9,11H,4-7,10H2,1-3H3,(H,20,21). The van der Waals surface area contributed by atoms with Gasteiger partial charge in [-0.1, -0.05) is 39.3 Å². The molecule has 8 heterocycles. The van der Waals surface area contributed by atoms with Gasteiger partial charge in [0.1, 0.15) is 41.2 Å². The number of aromatic amines is 1. The molecule has 11 rings (SSSR count). The maximum Gasteiger partial charge on any atom is 0.410 e. The summed E-state index contributed by atoms with van der Waals surface area (Å²) in [5.41, 5.74) is 7.08. The minimum Gasteiger partial charge on any atom is -0.478 e. The first-order chi connectivity index (χ1) is 40.7. The second kappa shape index (κ2) is 27.0. The van der Waals surface area contributed by atoms with Gasteiger partial charge in [-0.25, -0.2) is 52.2 Å². The number of carbonyl (C=O) groups is 4. The van der Waals surface area contributed by atoms with Crippen molar-refractivity contribution in [3.63, 3.8) is 0 Å². The number of carbonyl (C=O) groups excluding carboxylic acids is 3. The first kappa shape index (κ1) is 64.3. The third kappa shape index (κ3) is 18.0. The molecule has 4 N–H and O–H groups in total. The van der Waals surface area contributed by atoms with Crippen LogP contribution in [-0.2, 0) is 37.7 Å². The van der Waals surface area contributed by atoms with Gasteiger partial charge in [-0.05, 0) is 109 Å². The third-order valence-corrected chi connectivity index (χ3v) is 20.6. The van der Waals surface area contributed by atoms with Gasteiger partial charge >= 0.3 is 12.1 Å². The number of nitrogens with one attached hydrogen (secondary N) is 3. The molecule has 26 heteroatoms. The van der Waals surface area contributed by atoms with E-state index in [2.05, 4.69) is 79.8 Å². The van der Waals surface area contributed by atoms with Crippen LogP contribution in [0.15, 0.2) is 37.2 Å². The number of likely N-dealkylation sites (tertiary alicyclic amines) is 1. The molecular formula is C60H89N13O10SSi2. The first-order valence-electron chi connectivity index (χ1n) is 30.6. The van der Waals surface area contributed by atoms with Gasteiger partial charge in [0.05, 0.1) is 53.1 Å². The Labute approximate surface area is 506 Å². The molecule has 2 atom stereocenters. The minimum atomic E-state index is -3.18. The predicted molar refractivity (Wildman–Crippen MR) is 334 cm³/mol. The number of hydrogen-bond donors (Lipinski definition) is 4. The summed E-state index contributed by atoms with van der Waals surface area (Å²) >= 11 is 0. The van der Waals surface area contributed by atoms with Crippen molar-refractivity contribution in [3.05, 3.63) is 71.0 Å². The van der Waals surface area contributed by atoms with Crippen LogP contribution in [0, 0.1) is 11.8 Å². The summed E-state index contributed by atoms with van der Waals surface area (Å²) in [6.45, 7) is 24.8. The van der Waals surface area contributed by atoms with Gasteiger partial charge in [0, 0.05) is 105 Å². The molecule has 3 amide bonds. The van der Waals surface area contributed by atoms with Crippen LogP contribution in [0.5, 0.6) is 0 Å². The van der Waals surface area contributed by atoms with Gasteiger partial charge in [0.25, 0.3) is 11.8 Å². The monoisotopic (exact) mass is 1240 g/mol. The normalized spacial score (nSPS) is 18.7. The highest BCUT2D eigenvalue weighted by Crippen LogP contribution is 2.41. The topological polar surface area (TPSA) is 284 Å². The van der Waals surface area contributed by atoms with Crippen LogP contribution in [0.2, 0.25) is 51.4 Å². The Bertz CT molecular complexity index is 3500. The van der Waals surface area contributed by atoms with E-state index in [-0.39, 0.29) is 35.3 Å². The average molecular weight is 1240 g/mol. The SMILES string of the molecule is CC(C)(C)OC(=O)N1CCCC(CNC(=O)c2cn(COCC[Si](C)(C)C)c3ncc(C4CC4)nc23)C1.CS(=O)(=O)N1CCCC(CNC(=O)c2c[nH]c3ncc(C4CC4)nc23)C1.C[Si](C)(C)CCOCn1cc(C(=O)O)c2nc(C3CC3)cnc21. The van der Waals surface area contributed by atoms with Gasteiger partial charge < -0.3 is 49.0 Å². The van der Waals surface area contributed by atoms with Gasteiger partial charge in [-0.2, -0.15) is 0 Å². The zero-order valence-corrected chi connectivity index (χ0v) is 54.7. The van der Waals surface area contributed by atoms with Crippen LogP contribution in [-0.4, -0.2) is 171 Å². The smallest absolute Gasteiger partial charge is 0.410 e. The summed E-state index contributed by atoms with van der Waals surface area (Å²) in [5, 5.41) is 15.4. The molecular weight excluding hydrogens is 1150 g/mol. The number of ether oxygens (including phenoxy) is 3. The summed E-state index contributed by atoms with van der Waals surface area (Å²) in [5.74, 6) is 0.338. The highest BCUT2D eigenvalue weighted by molar-refractivity contribution is 7.88. The Morgan fingerprint density at radius 1 is 0.651 bits per heavy atom. The molecule has 3 aliphatic carbocycles. The van der Waals surface area contributed by atoms with Crippen molar-refractivity contribution in [1.82, 2.24) is 63.9 Å². The largest absolute Gasteiger partial charge is 0.478 e. The molecule has 468 valence electrons. The molecule has 2 unspecified atom stereocenters. The van der Waals surface area contributed by atoms with Crippen LogP contribution in [0.1, 0.15) is 151 Å². The lowest BCUT2D eigenvalue weighted by Crippen LogP contribution is -2.45. The molecule has 3 saturated carbocycles. The first-order valence-corrected chi connectivity index (χ1v) is 39.9. The van der Waals surface area contributed by atoms with Crippen molar-refractivity contribution >= 4 is 83.5 Å². The van der Waals surface area contributed by atoms with Crippen molar-refractivity contribution in [2.45, 2.75) is 173 Å². The van der Waals surface area contributed by atoms with E-state index in [1.165, 1.54) is 10.6 Å². The van der Waals surface area contributed by atoms with Crippen LogP contribution in [0.3, 0.4) is 0 Å². The molecule has 23 nitrogen and oxygen atoms in total. The number of nitrogens with zero attached hydrogens (tertiary/aromatic N) is 10. The van der Waals surface area contributed by atoms with E-state index in [0.717, 1.165) is 93.4 Å². The molecule has 5 fully saturated rings. The van der Waals surface area contributed by atoms with E-state index < -0.39 is 37.7 Å². The number of fused-ring (bicyclic) bond motifs is 3. The summed E-state index contributed by atoms with van der Waals surface area (Å²) in [7, 11) is -5.50. The van der Waals surface area contributed by atoms with Crippen molar-refractivity contribution in [2.24, 2.45) is 11.8 Å². The summed E-state index contributed by atoms with van der Waals surface area (Å²) < 4.78 is 45.8. The van der Waals surface area contributed by atoms with Gasteiger partial charge in [-0.3, -0.25) is 9.59 Å². The lowest BCUT2D eigenvalue weighted by Gasteiger charge is -2.34. The third-order valence-electron chi connectivity index (χ3n) is 16.0. The fraction of sp³-hybridized carbons (Fsp3) is 0.633. The molecule has 86 heavy (non-hydrogen) atoms. The number of carboxylic acid groups (broad SMARTS) is 1. The Morgan fingerprint density at radius 3 is 1.60 bits per heavy atom. The summed E-state index contributed by atoms with van der Waals surface area (Å²) in [6.07, 6.45) is 21.7. The second-order valence-electron chi connectivity index (χ2n) is 27.5. The van der Waals surface area contributed by atoms with Crippen LogP contribution in [0.4, 0.5) is 4.79 Å². The van der Waals surface area contributed by atoms with Crippen molar-refractivity contribution < 1.29 is 46.9 Å². The fourth-order valence-electron chi connectivity index (χ4n) is 10.4. The van der Waals surface area contributed by atoms with Crippen molar-refractivity contribution in [3.8, 4) is 0 Å². The molecule has 6 aromatic heterocycles. The predicted octanol–water partition coefficient (Wildman–Crippen LogP) is 9.55. The fourth-order valence-corrected chi connectivity index (χ4v) is 12.9. The Hall–Kier alpha value is -6.20. The number of H-pyrrole nitrogens is 1. The maximum absolute atomic E-state index is 13.3. The van der Waals surface area contributed by atoms with E-state index in [9.17, 15) is 32.7 Å². The van der Waals surface area contributed by atoms with Crippen LogP contribution >= 0.6 is 0 Å².